The third-order valence-electron chi connectivity index (χ3n) is 3.63. The molecule has 3 nitrogen and oxygen atoms in total. The van der Waals surface area contributed by atoms with Crippen molar-refractivity contribution in [3.05, 3.63) is 60.2 Å². The number of carbonyl (C=O) groups excluding carboxylic acids is 1. The summed E-state index contributed by atoms with van der Waals surface area (Å²) in [4.78, 5) is 11.7. The van der Waals surface area contributed by atoms with Crippen molar-refractivity contribution in [1.29, 1.82) is 0 Å². The quantitative estimate of drug-likeness (QED) is 0.892. The van der Waals surface area contributed by atoms with Gasteiger partial charge in [-0.1, -0.05) is 54.6 Å². The summed E-state index contributed by atoms with van der Waals surface area (Å²) in [6, 6.07) is 18.6. The maximum Gasteiger partial charge on any atom is 0.237 e. The Kier molecular flexibility index (Phi) is 3.79. The van der Waals surface area contributed by atoms with Crippen LogP contribution in [0.25, 0.3) is 11.1 Å². The van der Waals surface area contributed by atoms with Gasteiger partial charge in [0.15, 0.2) is 0 Å². The summed E-state index contributed by atoms with van der Waals surface area (Å²) in [6.07, 6.45) is 0.737. The molecule has 0 aliphatic carbocycles. The van der Waals surface area contributed by atoms with Crippen LogP contribution >= 0.6 is 0 Å². The van der Waals surface area contributed by atoms with Crippen molar-refractivity contribution in [1.82, 2.24) is 10.6 Å². The van der Waals surface area contributed by atoms with E-state index < -0.39 is 0 Å². The first-order valence-electron chi connectivity index (χ1n) is 6.98. The number of rotatable bonds is 3. The SMILES string of the molecule is O=C1NCCN[C@@H]1Cc1ccc(-c2ccccc2)cc1. The van der Waals surface area contributed by atoms with Crippen LogP contribution in [0.3, 0.4) is 0 Å². The Morgan fingerprint density at radius 2 is 1.60 bits per heavy atom. The molecule has 1 fully saturated rings. The van der Waals surface area contributed by atoms with E-state index in [0.717, 1.165) is 19.5 Å². The van der Waals surface area contributed by atoms with E-state index in [1.807, 2.05) is 18.2 Å². The maximum absolute atomic E-state index is 11.7. The zero-order valence-electron chi connectivity index (χ0n) is 11.3. The molecule has 1 aliphatic heterocycles. The second-order valence-corrected chi connectivity index (χ2v) is 5.06. The molecule has 0 radical (unpaired) electrons. The summed E-state index contributed by atoms with van der Waals surface area (Å²) in [5.41, 5.74) is 3.60. The van der Waals surface area contributed by atoms with Crippen molar-refractivity contribution in [3.63, 3.8) is 0 Å². The fourth-order valence-electron chi connectivity index (χ4n) is 2.51. The molecule has 2 aromatic rings. The van der Waals surface area contributed by atoms with Gasteiger partial charge < -0.3 is 10.6 Å². The van der Waals surface area contributed by atoms with Crippen molar-refractivity contribution in [2.75, 3.05) is 13.1 Å². The van der Waals surface area contributed by atoms with Crippen LogP contribution in [0, 0.1) is 0 Å². The molecule has 2 N–H and O–H groups in total. The van der Waals surface area contributed by atoms with Gasteiger partial charge in [0.2, 0.25) is 5.91 Å². The number of benzene rings is 2. The van der Waals surface area contributed by atoms with E-state index in [9.17, 15) is 4.79 Å². The molecule has 3 rings (SSSR count). The highest BCUT2D eigenvalue weighted by Gasteiger charge is 2.21. The highest BCUT2D eigenvalue weighted by Crippen LogP contribution is 2.19. The lowest BCUT2D eigenvalue weighted by atomic mass is 10.00. The molecular weight excluding hydrogens is 248 g/mol. The first-order valence-corrected chi connectivity index (χ1v) is 6.98. The Morgan fingerprint density at radius 1 is 0.900 bits per heavy atom. The van der Waals surface area contributed by atoms with Gasteiger partial charge in [-0.05, 0) is 23.1 Å². The summed E-state index contributed by atoms with van der Waals surface area (Å²) in [5.74, 6) is 0.100. The van der Waals surface area contributed by atoms with Gasteiger partial charge in [-0.2, -0.15) is 0 Å². The number of amides is 1. The number of piperazine rings is 1. The predicted octanol–water partition coefficient (Wildman–Crippen LogP) is 1.98. The third-order valence-corrected chi connectivity index (χ3v) is 3.63. The average Bonchev–Trinajstić information content (AvgIpc) is 2.51. The van der Waals surface area contributed by atoms with Crippen LogP contribution in [0.5, 0.6) is 0 Å². The third kappa shape index (κ3) is 2.89. The molecule has 3 heteroatoms. The van der Waals surface area contributed by atoms with Gasteiger partial charge in [0, 0.05) is 13.1 Å². The minimum Gasteiger partial charge on any atom is -0.353 e. The van der Waals surface area contributed by atoms with Gasteiger partial charge >= 0.3 is 0 Å². The molecule has 0 bridgehead atoms. The van der Waals surface area contributed by atoms with E-state index in [1.165, 1.54) is 16.7 Å². The van der Waals surface area contributed by atoms with E-state index in [1.54, 1.807) is 0 Å². The predicted molar refractivity (Wildman–Crippen MR) is 80.4 cm³/mol. The largest absolute Gasteiger partial charge is 0.353 e. The Balaban J connectivity index is 1.72. The Morgan fingerprint density at radius 3 is 2.30 bits per heavy atom. The first-order chi connectivity index (χ1) is 9.83. The van der Waals surface area contributed by atoms with Crippen LogP contribution in [0.1, 0.15) is 5.56 Å². The number of hydrogen-bond donors (Lipinski definition) is 2. The molecule has 1 aliphatic rings. The van der Waals surface area contributed by atoms with Gasteiger partial charge in [-0.25, -0.2) is 0 Å². The Labute approximate surface area is 119 Å². The fourth-order valence-corrected chi connectivity index (χ4v) is 2.51. The Hall–Kier alpha value is -2.13. The zero-order chi connectivity index (χ0) is 13.8. The summed E-state index contributed by atoms with van der Waals surface area (Å²) in [7, 11) is 0. The zero-order valence-corrected chi connectivity index (χ0v) is 11.3. The van der Waals surface area contributed by atoms with Gasteiger partial charge in [0.1, 0.15) is 0 Å². The summed E-state index contributed by atoms with van der Waals surface area (Å²) < 4.78 is 0. The van der Waals surface area contributed by atoms with Crippen molar-refractivity contribution >= 4 is 5.91 Å². The standard InChI is InChI=1S/C17H18N2O/c20-17-16(18-10-11-19-17)12-13-6-8-15(9-7-13)14-4-2-1-3-5-14/h1-9,16,18H,10-12H2,(H,19,20)/t16-/m1/s1. The van der Waals surface area contributed by atoms with Crippen molar-refractivity contribution in [3.8, 4) is 11.1 Å². The smallest absolute Gasteiger partial charge is 0.237 e. The van der Waals surface area contributed by atoms with Crippen LogP contribution in [0.2, 0.25) is 0 Å². The summed E-state index contributed by atoms with van der Waals surface area (Å²) in [6.45, 7) is 1.57. The van der Waals surface area contributed by atoms with Crippen LogP contribution in [-0.2, 0) is 11.2 Å². The van der Waals surface area contributed by atoms with E-state index in [0.29, 0.717) is 0 Å². The molecule has 0 unspecified atom stereocenters. The normalized spacial score (nSPS) is 18.6. The van der Waals surface area contributed by atoms with Crippen LogP contribution < -0.4 is 10.6 Å². The van der Waals surface area contributed by atoms with Crippen LogP contribution in [0.4, 0.5) is 0 Å². The summed E-state index contributed by atoms with van der Waals surface area (Å²) in [5, 5.41) is 6.14. The highest BCUT2D eigenvalue weighted by molar-refractivity contribution is 5.82. The molecule has 1 saturated heterocycles. The minimum atomic E-state index is -0.105. The van der Waals surface area contributed by atoms with Gasteiger partial charge in [-0.3, -0.25) is 4.79 Å². The maximum atomic E-state index is 11.7. The number of hydrogen-bond acceptors (Lipinski definition) is 2. The molecule has 2 aromatic carbocycles. The van der Waals surface area contributed by atoms with Gasteiger partial charge in [0.05, 0.1) is 6.04 Å². The average molecular weight is 266 g/mol. The van der Waals surface area contributed by atoms with Crippen molar-refractivity contribution in [2.45, 2.75) is 12.5 Å². The van der Waals surface area contributed by atoms with E-state index in [2.05, 4.69) is 47.0 Å². The minimum absolute atomic E-state index is 0.100. The molecule has 1 atom stereocenters. The van der Waals surface area contributed by atoms with Crippen molar-refractivity contribution < 1.29 is 4.79 Å². The van der Waals surface area contributed by atoms with Crippen LogP contribution in [-0.4, -0.2) is 25.0 Å². The number of nitrogens with one attached hydrogen (secondary N) is 2. The van der Waals surface area contributed by atoms with E-state index in [-0.39, 0.29) is 11.9 Å². The molecule has 0 aromatic heterocycles. The molecule has 1 amide bonds. The van der Waals surface area contributed by atoms with Crippen LogP contribution in [0.15, 0.2) is 54.6 Å². The fraction of sp³-hybridized carbons (Fsp3) is 0.235. The van der Waals surface area contributed by atoms with Crippen molar-refractivity contribution in [2.24, 2.45) is 0 Å². The van der Waals surface area contributed by atoms with Gasteiger partial charge in [0.25, 0.3) is 0 Å². The summed E-state index contributed by atoms with van der Waals surface area (Å²) >= 11 is 0. The second-order valence-electron chi connectivity index (χ2n) is 5.06. The lowest BCUT2D eigenvalue weighted by molar-refractivity contribution is -0.124. The Bertz CT molecular complexity index is 578. The second kappa shape index (κ2) is 5.88. The van der Waals surface area contributed by atoms with E-state index in [4.69, 9.17) is 0 Å². The monoisotopic (exact) mass is 266 g/mol. The molecule has 0 saturated carbocycles. The molecule has 0 spiro atoms. The van der Waals surface area contributed by atoms with E-state index >= 15 is 0 Å². The topological polar surface area (TPSA) is 41.1 Å². The molecule has 20 heavy (non-hydrogen) atoms. The molecular formula is C17H18N2O. The number of carbonyl (C=O) groups is 1. The lowest BCUT2D eigenvalue weighted by Gasteiger charge is -2.23. The first kappa shape index (κ1) is 12.9. The highest BCUT2D eigenvalue weighted by atomic mass is 16.2. The van der Waals surface area contributed by atoms with Gasteiger partial charge in [-0.15, -0.1) is 0 Å². The molecule has 1 heterocycles. The lowest BCUT2D eigenvalue weighted by Crippen LogP contribution is -2.53. The molecule has 102 valence electrons.